The second-order valence-electron chi connectivity index (χ2n) is 6.84. The molecule has 0 aromatic heterocycles. The molecule has 5 heteroatoms. The van der Waals surface area contributed by atoms with Crippen molar-refractivity contribution < 1.29 is 19.0 Å². The summed E-state index contributed by atoms with van der Waals surface area (Å²) < 4.78 is 19.3. The maximum absolute atomic E-state index is 13.7. The third-order valence-corrected chi connectivity index (χ3v) is 5.04. The fourth-order valence-corrected chi connectivity index (χ4v) is 3.56. The number of carbonyl (C=O) groups excluding carboxylic acids is 1. The van der Waals surface area contributed by atoms with E-state index in [2.05, 4.69) is 4.90 Å². The average Bonchev–Trinajstić information content (AvgIpc) is 3.15. The van der Waals surface area contributed by atoms with Crippen molar-refractivity contribution in [3.63, 3.8) is 0 Å². The van der Waals surface area contributed by atoms with Gasteiger partial charge in [0, 0.05) is 30.8 Å². The molecular weight excluding hydrogens is 321 g/mol. The number of anilines is 1. The molecule has 1 N–H and O–H groups in total. The van der Waals surface area contributed by atoms with Crippen LogP contribution < -0.4 is 4.90 Å². The topological polar surface area (TPSA) is 49.8 Å². The number of fused-ring (bicyclic) bond motifs is 1. The minimum atomic E-state index is -0.386. The molecule has 130 valence electrons. The lowest BCUT2D eigenvalue weighted by molar-refractivity contribution is 0.0387. The van der Waals surface area contributed by atoms with Crippen LogP contribution in [0.4, 0.5) is 10.1 Å². The van der Waals surface area contributed by atoms with Crippen LogP contribution in [0.5, 0.6) is 0 Å². The van der Waals surface area contributed by atoms with Crippen LogP contribution in [-0.2, 0) is 11.2 Å². The van der Waals surface area contributed by atoms with Crippen LogP contribution in [0.25, 0.3) is 0 Å². The van der Waals surface area contributed by atoms with Crippen LogP contribution in [0, 0.1) is 12.7 Å². The summed E-state index contributed by atoms with van der Waals surface area (Å²) in [5.74, 6) is -0.584. The van der Waals surface area contributed by atoms with Gasteiger partial charge in [0.05, 0.1) is 11.7 Å². The Bertz CT molecular complexity index is 836. The van der Waals surface area contributed by atoms with Crippen molar-refractivity contribution in [2.45, 2.75) is 32.0 Å². The molecule has 2 aromatic carbocycles. The number of hydrogen-bond donors (Lipinski definition) is 1. The zero-order chi connectivity index (χ0) is 17.6. The molecule has 25 heavy (non-hydrogen) atoms. The van der Waals surface area contributed by atoms with Gasteiger partial charge in [-0.05, 0) is 42.7 Å². The number of rotatable bonds is 3. The lowest BCUT2D eigenvalue weighted by Gasteiger charge is -2.18. The van der Waals surface area contributed by atoms with Gasteiger partial charge in [-0.2, -0.15) is 0 Å². The first-order valence-corrected chi connectivity index (χ1v) is 8.54. The highest BCUT2D eigenvalue weighted by molar-refractivity contribution is 5.95. The van der Waals surface area contributed by atoms with Gasteiger partial charge >= 0.3 is 5.97 Å². The quantitative estimate of drug-likeness (QED) is 0.872. The number of esters is 1. The predicted octanol–water partition coefficient (Wildman–Crippen LogP) is 3.16. The van der Waals surface area contributed by atoms with Crippen molar-refractivity contribution in [1.82, 2.24) is 0 Å². The number of ether oxygens (including phenoxy) is 1. The molecule has 2 atom stereocenters. The summed E-state index contributed by atoms with van der Waals surface area (Å²) in [6, 6.07) is 10.8. The summed E-state index contributed by atoms with van der Waals surface area (Å²) in [6.45, 7) is 3.09. The normalized spacial score (nSPS) is 22.2. The number of cyclic esters (lactones) is 1. The molecule has 1 fully saturated rings. The Balaban J connectivity index is 1.58. The molecule has 4 nitrogen and oxygen atoms in total. The van der Waals surface area contributed by atoms with E-state index in [0.29, 0.717) is 24.1 Å². The third kappa shape index (κ3) is 3.00. The van der Waals surface area contributed by atoms with Crippen molar-refractivity contribution in [3.05, 3.63) is 64.5 Å². The summed E-state index contributed by atoms with van der Waals surface area (Å²) in [4.78, 5) is 14.3. The summed E-state index contributed by atoms with van der Waals surface area (Å²) in [5.41, 5.74) is 3.74. The van der Waals surface area contributed by atoms with Gasteiger partial charge < -0.3 is 14.7 Å². The van der Waals surface area contributed by atoms with Gasteiger partial charge in [-0.25, -0.2) is 9.18 Å². The number of nitrogens with zero attached hydrogens (tertiary/aromatic N) is 1. The molecule has 1 saturated heterocycles. The fourth-order valence-electron chi connectivity index (χ4n) is 3.56. The summed E-state index contributed by atoms with van der Waals surface area (Å²) in [5, 5.41) is 9.69. The van der Waals surface area contributed by atoms with E-state index in [4.69, 9.17) is 4.74 Å². The number of aryl methyl sites for hydroxylation is 1. The highest BCUT2D eigenvalue weighted by Gasteiger charge is 2.32. The molecule has 0 amide bonds. The average molecular weight is 341 g/mol. The SMILES string of the molecule is Cc1ccc(CC2OC(=O)c3cc(N4CC[C@@H](O)C4)ccc32)cc1F. The second kappa shape index (κ2) is 6.15. The van der Waals surface area contributed by atoms with Crippen LogP contribution in [0.1, 0.15) is 39.6 Å². The molecule has 2 heterocycles. The molecule has 2 aromatic rings. The Labute approximate surface area is 145 Å². The van der Waals surface area contributed by atoms with E-state index in [1.807, 2.05) is 24.3 Å². The van der Waals surface area contributed by atoms with E-state index in [9.17, 15) is 14.3 Å². The molecule has 2 aliphatic heterocycles. The minimum Gasteiger partial charge on any atom is -0.454 e. The number of aliphatic hydroxyl groups is 1. The monoisotopic (exact) mass is 341 g/mol. The second-order valence-corrected chi connectivity index (χ2v) is 6.84. The van der Waals surface area contributed by atoms with Crippen molar-refractivity contribution in [2.75, 3.05) is 18.0 Å². The maximum atomic E-state index is 13.7. The van der Waals surface area contributed by atoms with Crippen molar-refractivity contribution in [1.29, 1.82) is 0 Å². The highest BCUT2D eigenvalue weighted by atomic mass is 19.1. The number of hydrogen-bond acceptors (Lipinski definition) is 4. The molecule has 0 saturated carbocycles. The van der Waals surface area contributed by atoms with Crippen LogP contribution >= 0.6 is 0 Å². The smallest absolute Gasteiger partial charge is 0.339 e. The molecule has 4 rings (SSSR count). The predicted molar refractivity (Wildman–Crippen MR) is 92.3 cm³/mol. The van der Waals surface area contributed by atoms with Gasteiger partial charge in [0.25, 0.3) is 0 Å². The Hall–Kier alpha value is -2.40. The summed E-state index contributed by atoms with van der Waals surface area (Å²) >= 11 is 0. The first-order valence-electron chi connectivity index (χ1n) is 8.54. The summed E-state index contributed by atoms with van der Waals surface area (Å²) in [7, 11) is 0. The maximum Gasteiger partial charge on any atom is 0.339 e. The van der Waals surface area contributed by atoms with Crippen molar-refractivity contribution in [2.24, 2.45) is 0 Å². The van der Waals surface area contributed by atoms with Gasteiger partial charge in [0.1, 0.15) is 11.9 Å². The number of β-amino-alcohol motifs (C(OH)–C–C–N with tert-alkyl or cyclic N) is 1. The zero-order valence-electron chi connectivity index (χ0n) is 14.0. The van der Waals surface area contributed by atoms with E-state index in [1.54, 1.807) is 13.0 Å². The van der Waals surface area contributed by atoms with Crippen LogP contribution in [0.15, 0.2) is 36.4 Å². The van der Waals surface area contributed by atoms with E-state index in [1.165, 1.54) is 6.07 Å². The first-order chi connectivity index (χ1) is 12.0. The Kier molecular flexibility index (Phi) is 3.96. The molecule has 0 radical (unpaired) electrons. The van der Waals surface area contributed by atoms with Gasteiger partial charge in [-0.3, -0.25) is 0 Å². The molecule has 0 bridgehead atoms. The minimum absolute atomic E-state index is 0.245. The lowest BCUT2D eigenvalue weighted by Crippen LogP contribution is -2.21. The van der Waals surface area contributed by atoms with E-state index in [0.717, 1.165) is 29.8 Å². The van der Waals surface area contributed by atoms with Gasteiger partial charge in [0.15, 0.2) is 0 Å². The fraction of sp³-hybridized carbons (Fsp3) is 0.350. The highest BCUT2D eigenvalue weighted by Crippen LogP contribution is 2.36. The number of halogens is 1. The molecule has 0 aliphatic carbocycles. The molecular formula is C20H20FNO3. The van der Waals surface area contributed by atoms with Crippen molar-refractivity contribution >= 4 is 11.7 Å². The summed E-state index contributed by atoms with van der Waals surface area (Å²) in [6.07, 6.45) is 0.494. The Morgan fingerprint density at radius 1 is 1.28 bits per heavy atom. The van der Waals surface area contributed by atoms with Gasteiger partial charge in [-0.1, -0.05) is 18.2 Å². The number of aliphatic hydroxyl groups excluding tert-OH is 1. The Morgan fingerprint density at radius 2 is 2.12 bits per heavy atom. The first kappa shape index (κ1) is 16.1. The Morgan fingerprint density at radius 3 is 2.84 bits per heavy atom. The van der Waals surface area contributed by atoms with E-state index < -0.39 is 0 Å². The van der Waals surface area contributed by atoms with Crippen LogP contribution in [0.3, 0.4) is 0 Å². The standard InChI is InChI=1S/C20H20FNO3/c1-12-2-3-13(8-18(12)21)9-19-16-5-4-14(10-17(16)20(24)25-19)22-7-6-15(23)11-22/h2-5,8,10,15,19,23H,6-7,9,11H2,1H3/t15-,19?/m1/s1. The largest absolute Gasteiger partial charge is 0.454 e. The zero-order valence-corrected chi connectivity index (χ0v) is 14.0. The molecule has 0 spiro atoms. The molecule has 2 aliphatic rings. The van der Waals surface area contributed by atoms with E-state index >= 15 is 0 Å². The number of carbonyl (C=O) groups is 1. The van der Waals surface area contributed by atoms with Crippen molar-refractivity contribution in [3.8, 4) is 0 Å². The van der Waals surface area contributed by atoms with Gasteiger partial charge in [-0.15, -0.1) is 0 Å². The van der Waals surface area contributed by atoms with E-state index in [-0.39, 0.29) is 24.0 Å². The lowest BCUT2D eigenvalue weighted by atomic mass is 9.98. The molecule has 1 unspecified atom stereocenters. The third-order valence-electron chi connectivity index (χ3n) is 5.04. The number of benzene rings is 2. The van der Waals surface area contributed by atoms with Gasteiger partial charge in [0.2, 0.25) is 0 Å². The van der Waals surface area contributed by atoms with Crippen LogP contribution in [0.2, 0.25) is 0 Å². The van der Waals surface area contributed by atoms with Crippen LogP contribution in [-0.4, -0.2) is 30.3 Å².